The van der Waals surface area contributed by atoms with Crippen molar-refractivity contribution in [3.05, 3.63) is 99.7 Å². The Labute approximate surface area is 200 Å². The maximum atomic E-state index is 9.25. The summed E-state index contributed by atoms with van der Waals surface area (Å²) in [5.41, 5.74) is -1.66. The molecule has 9 nitrogen and oxygen atoms in total. The van der Waals surface area contributed by atoms with Crippen molar-refractivity contribution < 1.29 is 45.0 Å². The van der Waals surface area contributed by atoms with Crippen LogP contribution >= 0.6 is 0 Å². The fourth-order valence-electron chi connectivity index (χ4n) is 1.56. The van der Waals surface area contributed by atoms with Gasteiger partial charge in [-0.05, 0) is 0 Å². The first-order valence-corrected chi connectivity index (χ1v) is 9.53. The fraction of sp³-hybridized carbons (Fsp3) is 0.240. The zero-order valence-electron chi connectivity index (χ0n) is 19.4. The number of hydrogen-bond donors (Lipinski definition) is 6. The molecular formula is C25H36O9. The van der Waals surface area contributed by atoms with E-state index in [4.69, 9.17) is 30.6 Å². The summed E-state index contributed by atoms with van der Waals surface area (Å²) in [4.78, 5) is 27.8. The topological polar surface area (TPSA) is 173 Å². The van der Waals surface area contributed by atoms with E-state index < -0.39 is 28.7 Å². The molecule has 0 unspecified atom stereocenters. The van der Waals surface area contributed by atoms with Gasteiger partial charge in [0.2, 0.25) is 0 Å². The van der Waals surface area contributed by atoms with E-state index in [2.05, 4.69) is 32.9 Å². The zero-order chi connectivity index (χ0) is 27.6. The van der Waals surface area contributed by atoms with Crippen molar-refractivity contribution in [1.29, 1.82) is 0 Å². The molecule has 1 aromatic rings. The smallest absolute Gasteiger partial charge is 0.327 e. The Kier molecular flexibility index (Phi) is 26.3. The zero-order valence-corrected chi connectivity index (χ0v) is 19.4. The van der Waals surface area contributed by atoms with Crippen molar-refractivity contribution >= 4 is 17.9 Å². The maximum absolute atomic E-state index is 9.25. The second-order valence-electron chi connectivity index (χ2n) is 6.23. The predicted octanol–water partition coefficient (Wildman–Crippen LogP) is 2.79. The van der Waals surface area contributed by atoms with E-state index >= 15 is 0 Å². The molecule has 0 aromatic heterocycles. The van der Waals surface area contributed by atoms with E-state index in [1.54, 1.807) is 19.1 Å². The summed E-state index contributed by atoms with van der Waals surface area (Å²) in [6.45, 7) is 16.9. The van der Waals surface area contributed by atoms with Gasteiger partial charge in [0, 0.05) is 23.6 Å². The number of carbonyl (C=O) groups is 3. The largest absolute Gasteiger partial charge is 0.478 e. The van der Waals surface area contributed by atoms with Crippen LogP contribution in [-0.2, 0) is 14.4 Å². The third kappa shape index (κ3) is 20.1. The fourth-order valence-corrected chi connectivity index (χ4v) is 1.56. The SMILES string of the molecule is C=CC(=O)O.C=CC(=O)O.C=CC(=O)O.C=CC(C)(C=C)C(CO)(CO)CO.c1ccccc1. The van der Waals surface area contributed by atoms with Gasteiger partial charge in [-0.2, -0.15) is 0 Å². The molecule has 1 aromatic carbocycles. The molecule has 0 bridgehead atoms. The van der Waals surface area contributed by atoms with E-state index in [1.165, 1.54) is 0 Å². The molecule has 0 fully saturated rings. The quantitative estimate of drug-likeness (QED) is 0.229. The highest BCUT2D eigenvalue weighted by atomic mass is 16.4. The van der Waals surface area contributed by atoms with Crippen molar-refractivity contribution in [1.82, 2.24) is 0 Å². The van der Waals surface area contributed by atoms with Gasteiger partial charge in [0.15, 0.2) is 0 Å². The number of hydrogen-bond acceptors (Lipinski definition) is 6. The van der Waals surface area contributed by atoms with Gasteiger partial charge in [-0.3, -0.25) is 0 Å². The van der Waals surface area contributed by atoms with Gasteiger partial charge >= 0.3 is 17.9 Å². The van der Waals surface area contributed by atoms with Crippen molar-refractivity contribution in [2.75, 3.05) is 19.8 Å². The van der Waals surface area contributed by atoms with E-state index in [0.29, 0.717) is 0 Å². The molecule has 1 rings (SSSR count). The molecule has 0 saturated heterocycles. The summed E-state index contributed by atoms with van der Waals surface area (Å²) < 4.78 is 0. The monoisotopic (exact) mass is 480 g/mol. The molecule has 190 valence electrons. The molecular weight excluding hydrogens is 444 g/mol. The minimum atomic E-state index is -0.990. The Morgan fingerprint density at radius 2 is 0.794 bits per heavy atom. The van der Waals surface area contributed by atoms with E-state index in [1.807, 2.05) is 36.4 Å². The number of aliphatic carboxylic acids is 3. The van der Waals surface area contributed by atoms with Crippen molar-refractivity contribution in [3.8, 4) is 0 Å². The van der Waals surface area contributed by atoms with Gasteiger partial charge < -0.3 is 30.6 Å². The van der Waals surface area contributed by atoms with E-state index in [0.717, 1.165) is 18.2 Å². The summed E-state index contributed by atoms with van der Waals surface area (Å²) >= 11 is 0. The molecule has 0 aliphatic rings. The van der Waals surface area contributed by atoms with Crippen molar-refractivity contribution in [3.63, 3.8) is 0 Å². The average Bonchev–Trinajstić information content (AvgIpc) is 2.87. The van der Waals surface area contributed by atoms with Crippen LogP contribution in [0.5, 0.6) is 0 Å². The summed E-state index contributed by atoms with van der Waals surface area (Å²) in [7, 11) is 0. The molecule has 0 aliphatic heterocycles. The summed E-state index contributed by atoms with van der Waals surface area (Å²) in [5, 5.41) is 50.3. The van der Waals surface area contributed by atoms with Crippen LogP contribution < -0.4 is 0 Å². The van der Waals surface area contributed by atoms with Crippen LogP contribution in [0.1, 0.15) is 6.92 Å². The molecule has 6 N–H and O–H groups in total. The highest BCUT2D eigenvalue weighted by Gasteiger charge is 2.43. The van der Waals surface area contributed by atoms with Crippen LogP contribution in [0.4, 0.5) is 0 Å². The minimum Gasteiger partial charge on any atom is -0.478 e. The first-order valence-electron chi connectivity index (χ1n) is 9.53. The van der Waals surface area contributed by atoms with Crippen molar-refractivity contribution in [2.24, 2.45) is 10.8 Å². The van der Waals surface area contributed by atoms with Gasteiger partial charge in [0.25, 0.3) is 0 Å². The van der Waals surface area contributed by atoms with Crippen LogP contribution in [0.25, 0.3) is 0 Å². The van der Waals surface area contributed by atoms with Crippen LogP contribution in [0.15, 0.2) is 99.7 Å². The number of allylic oxidation sites excluding steroid dienone is 2. The van der Waals surface area contributed by atoms with Crippen LogP contribution in [0.2, 0.25) is 0 Å². The Morgan fingerprint density at radius 3 is 0.853 bits per heavy atom. The molecule has 9 heteroatoms. The molecule has 0 atom stereocenters. The number of carboxylic acid groups (broad SMARTS) is 3. The normalized spacial score (nSPS) is 9.06. The Morgan fingerprint density at radius 1 is 0.618 bits per heavy atom. The standard InChI is InChI=1S/C10H18O3.C6H6.3C3H4O2/c1-4-9(3,5-2)10(6-11,7-12)8-13;1-2-4-6-5-3-1;3*1-2-3(4)5/h4-5,11-13H,1-2,6-8H2,3H3;1-6H;3*2H,1H2,(H,4,5). The predicted molar refractivity (Wildman–Crippen MR) is 132 cm³/mol. The molecule has 0 saturated carbocycles. The number of aliphatic hydroxyl groups excluding tert-OH is 3. The molecule has 0 spiro atoms. The summed E-state index contributed by atoms with van der Waals surface area (Å²) in [5.74, 6) is -2.94. The van der Waals surface area contributed by atoms with Crippen LogP contribution in [0, 0.1) is 10.8 Å². The lowest BCUT2D eigenvalue weighted by molar-refractivity contribution is -0.132. The van der Waals surface area contributed by atoms with Gasteiger partial charge in [-0.25, -0.2) is 14.4 Å². The molecule has 0 heterocycles. The molecule has 0 radical (unpaired) electrons. The van der Waals surface area contributed by atoms with Crippen LogP contribution in [-0.4, -0.2) is 68.4 Å². The number of rotatable bonds is 9. The summed E-state index contributed by atoms with van der Waals surface area (Å²) in [6, 6.07) is 12.0. The Hall–Kier alpha value is -3.79. The van der Waals surface area contributed by atoms with E-state index in [-0.39, 0.29) is 19.8 Å². The second kappa shape index (κ2) is 23.9. The van der Waals surface area contributed by atoms with Gasteiger partial charge in [-0.15, -0.1) is 13.2 Å². The Balaban J connectivity index is -0.000000180. The molecule has 0 amide bonds. The van der Waals surface area contributed by atoms with Crippen LogP contribution in [0.3, 0.4) is 0 Å². The van der Waals surface area contributed by atoms with Gasteiger partial charge in [0.05, 0.1) is 25.2 Å². The summed E-state index contributed by atoms with van der Waals surface area (Å²) in [6.07, 6.45) is 5.64. The number of aliphatic hydroxyl groups is 3. The lowest BCUT2D eigenvalue weighted by Crippen LogP contribution is -2.46. The molecule has 34 heavy (non-hydrogen) atoms. The number of carboxylic acids is 3. The Bertz CT molecular complexity index is 650. The second-order valence-corrected chi connectivity index (χ2v) is 6.23. The van der Waals surface area contributed by atoms with Gasteiger partial charge in [-0.1, -0.05) is 75.2 Å². The van der Waals surface area contributed by atoms with Crippen molar-refractivity contribution in [2.45, 2.75) is 6.92 Å². The third-order valence-electron chi connectivity index (χ3n) is 4.09. The number of benzene rings is 1. The lowest BCUT2D eigenvalue weighted by Gasteiger charge is -2.41. The highest BCUT2D eigenvalue weighted by molar-refractivity contribution is 5.79. The first kappa shape index (κ1) is 37.5. The maximum Gasteiger partial charge on any atom is 0.327 e. The van der Waals surface area contributed by atoms with E-state index in [9.17, 15) is 14.4 Å². The average molecular weight is 481 g/mol. The first-order chi connectivity index (χ1) is 15.9. The lowest BCUT2D eigenvalue weighted by atomic mass is 9.65. The molecule has 0 aliphatic carbocycles. The van der Waals surface area contributed by atoms with Gasteiger partial charge in [0.1, 0.15) is 0 Å². The highest BCUT2D eigenvalue weighted by Crippen LogP contribution is 2.40. The third-order valence-corrected chi connectivity index (χ3v) is 4.09. The minimum absolute atomic E-state index is 0.311.